The molecule has 0 amide bonds. The highest BCUT2D eigenvalue weighted by Crippen LogP contribution is 2.46. The monoisotopic (exact) mass is 330 g/mol. The van der Waals surface area contributed by atoms with Crippen LogP contribution in [0.2, 0.25) is 0 Å². The molecule has 0 radical (unpaired) electrons. The second kappa shape index (κ2) is 5.26. The highest BCUT2D eigenvalue weighted by molar-refractivity contribution is 9.10. The van der Waals surface area contributed by atoms with E-state index in [1.165, 1.54) is 11.3 Å². The Kier molecular flexibility index (Phi) is 4.25. The standard InChI is InChI=1S/C15H23BrOS/c1-14(2,3)13-6-4-5-8-15(13,17)10-12-11(16)7-9-18-12/h7,9,13,17H,4-6,8,10H2,1-3H3. The molecule has 1 saturated carbocycles. The van der Waals surface area contributed by atoms with Crippen LogP contribution in [0, 0.1) is 11.3 Å². The molecule has 0 saturated heterocycles. The quantitative estimate of drug-likeness (QED) is 0.807. The number of hydrogen-bond acceptors (Lipinski definition) is 2. The molecule has 0 aliphatic heterocycles. The molecule has 2 rings (SSSR count). The predicted molar refractivity (Wildman–Crippen MR) is 82.1 cm³/mol. The van der Waals surface area contributed by atoms with Crippen molar-refractivity contribution in [1.82, 2.24) is 0 Å². The molecule has 1 aromatic rings. The molecule has 0 bridgehead atoms. The van der Waals surface area contributed by atoms with Crippen LogP contribution in [0.15, 0.2) is 15.9 Å². The average Bonchev–Trinajstić information content (AvgIpc) is 2.62. The Bertz CT molecular complexity index is 407. The third kappa shape index (κ3) is 3.00. The fourth-order valence-corrected chi connectivity index (χ4v) is 5.01. The van der Waals surface area contributed by atoms with Crippen molar-refractivity contribution in [3.05, 3.63) is 20.8 Å². The summed E-state index contributed by atoms with van der Waals surface area (Å²) in [6, 6.07) is 2.08. The maximum Gasteiger partial charge on any atom is 0.0729 e. The Balaban J connectivity index is 2.23. The smallest absolute Gasteiger partial charge is 0.0729 e. The lowest BCUT2D eigenvalue weighted by Crippen LogP contribution is -2.48. The zero-order chi connectivity index (χ0) is 13.4. The summed E-state index contributed by atoms with van der Waals surface area (Å²) in [6.45, 7) is 6.78. The van der Waals surface area contributed by atoms with Crippen LogP contribution in [0.3, 0.4) is 0 Å². The van der Waals surface area contributed by atoms with Gasteiger partial charge >= 0.3 is 0 Å². The van der Waals surface area contributed by atoms with Crippen molar-refractivity contribution in [3.63, 3.8) is 0 Å². The molecule has 1 aromatic heterocycles. The van der Waals surface area contributed by atoms with Gasteiger partial charge in [0.2, 0.25) is 0 Å². The molecular weight excluding hydrogens is 308 g/mol. The van der Waals surface area contributed by atoms with Gasteiger partial charge in [-0.25, -0.2) is 0 Å². The van der Waals surface area contributed by atoms with E-state index >= 15 is 0 Å². The molecule has 1 heterocycles. The van der Waals surface area contributed by atoms with Crippen molar-refractivity contribution in [1.29, 1.82) is 0 Å². The number of thiophene rings is 1. The van der Waals surface area contributed by atoms with Crippen molar-refractivity contribution in [2.45, 2.75) is 58.5 Å². The molecule has 2 atom stereocenters. The number of halogens is 1. The molecule has 2 unspecified atom stereocenters. The molecule has 3 heteroatoms. The summed E-state index contributed by atoms with van der Waals surface area (Å²) in [4.78, 5) is 1.29. The molecule has 1 aliphatic carbocycles. The first-order chi connectivity index (χ1) is 8.33. The van der Waals surface area contributed by atoms with E-state index in [1.807, 2.05) is 0 Å². The van der Waals surface area contributed by atoms with Crippen LogP contribution in [0.1, 0.15) is 51.3 Å². The van der Waals surface area contributed by atoms with Gasteiger partial charge in [-0.15, -0.1) is 11.3 Å². The third-order valence-corrected chi connectivity index (χ3v) is 6.13. The van der Waals surface area contributed by atoms with E-state index in [0.717, 1.165) is 30.2 Å². The number of hydrogen-bond donors (Lipinski definition) is 1. The molecule has 102 valence electrons. The van der Waals surface area contributed by atoms with Gasteiger partial charge in [0.1, 0.15) is 0 Å². The Morgan fingerprint density at radius 1 is 1.44 bits per heavy atom. The van der Waals surface area contributed by atoms with Gasteiger partial charge in [0.25, 0.3) is 0 Å². The Morgan fingerprint density at radius 2 is 2.17 bits per heavy atom. The summed E-state index contributed by atoms with van der Waals surface area (Å²) in [6.07, 6.45) is 5.32. The molecule has 1 nitrogen and oxygen atoms in total. The van der Waals surface area contributed by atoms with E-state index in [2.05, 4.69) is 48.1 Å². The normalized spacial score (nSPS) is 29.5. The maximum atomic E-state index is 11.1. The van der Waals surface area contributed by atoms with Gasteiger partial charge in [0, 0.05) is 15.8 Å². The Morgan fingerprint density at radius 3 is 2.72 bits per heavy atom. The van der Waals surface area contributed by atoms with Crippen LogP contribution < -0.4 is 0 Å². The SMILES string of the molecule is CC(C)(C)C1CCCCC1(O)Cc1sccc1Br. The van der Waals surface area contributed by atoms with Crippen LogP contribution in [0.25, 0.3) is 0 Å². The number of rotatable bonds is 2. The molecule has 1 fully saturated rings. The van der Waals surface area contributed by atoms with Gasteiger partial charge in [-0.2, -0.15) is 0 Å². The minimum Gasteiger partial charge on any atom is -0.389 e. The van der Waals surface area contributed by atoms with E-state index in [-0.39, 0.29) is 5.41 Å². The van der Waals surface area contributed by atoms with E-state index in [0.29, 0.717) is 5.92 Å². The topological polar surface area (TPSA) is 20.2 Å². The first-order valence-corrected chi connectivity index (χ1v) is 8.44. The van der Waals surface area contributed by atoms with E-state index in [1.54, 1.807) is 11.3 Å². The average molecular weight is 331 g/mol. The molecule has 0 aromatic carbocycles. The highest BCUT2D eigenvalue weighted by Gasteiger charge is 2.45. The minimum atomic E-state index is -0.524. The summed E-state index contributed by atoms with van der Waals surface area (Å²) in [5, 5.41) is 13.2. The van der Waals surface area contributed by atoms with Gasteiger partial charge in [0.15, 0.2) is 0 Å². The molecular formula is C15H23BrOS. The summed E-state index contributed by atoms with van der Waals surface area (Å²) >= 11 is 5.33. The first kappa shape index (κ1) is 14.5. The van der Waals surface area contributed by atoms with Gasteiger partial charge in [-0.05, 0) is 51.6 Å². The largest absolute Gasteiger partial charge is 0.389 e. The highest BCUT2D eigenvalue weighted by atomic mass is 79.9. The predicted octanol–water partition coefficient (Wildman–Crippen LogP) is 5.02. The van der Waals surface area contributed by atoms with E-state index in [9.17, 15) is 5.11 Å². The van der Waals surface area contributed by atoms with Crippen LogP contribution in [-0.4, -0.2) is 10.7 Å². The zero-order valence-corrected chi connectivity index (χ0v) is 13.9. The van der Waals surface area contributed by atoms with Crippen molar-refractivity contribution in [2.24, 2.45) is 11.3 Å². The Hall–Kier alpha value is 0.140. The lowest BCUT2D eigenvalue weighted by atomic mass is 9.62. The summed E-state index contributed by atoms with van der Waals surface area (Å²) in [5.74, 6) is 0.396. The van der Waals surface area contributed by atoms with Crippen LogP contribution in [0.5, 0.6) is 0 Å². The van der Waals surface area contributed by atoms with E-state index < -0.39 is 5.60 Å². The van der Waals surface area contributed by atoms with Gasteiger partial charge in [-0.3, -0.25) is 0 Å². The van der Waals surface area contributed by atoms with Crippen molar-refractivity contribution >= 4 is 27.3 Å². The molecule has 1 aliphatic rings. The molecule has 0 spiro atoms. The fraction of sp³-hybridized carbons (Fsp3) is 0.733. The van der Waals surface area contributed by atoms with Gasteiger partial charge in [0.05, 0.1) is 5.60 Å². The van der Waals surface area contributed by atoms with Crippen LogP contribution in [0.4, 0.5) is 0 Å². The minimum absolute atomic E-state index is 0.179. The fourth-order valence-electron chi connectivity index (χ4n) is 3.40. The summed E-state index contributed by atoms with van der Waals surface area (Å²) < 4.78 is 1.15. The maximum absolute atomic E-state index is 11.1. The lowest BCUT2D eigenvalue weighted by Gasteiger charge is -2.47. The van der Waals surface area contributed by atoms with Crippen LogP contribution in [-0.2, 0) is 6.42 Å². The Labute approximate surface area is 123 Å². The lowest BCUT2D eigenvalue weighted by molar-refractivity contribution is -0.0885. The van der Waals surface area contributed by atoms with Crippen LogP contribution >= 0.6 is 27.3 Å². The number of aliphatic hydroxyl groups is 1. The second-order valence-electron chi connectivity index (χ2n) is 6.64. The second-order valence-corrected chi connectivity index (χ2v) is 8.49. The van der Waals surface area contributed by atoms with Crippen molar-refractivity contribution < 1.29 is 5.11 Å². The third-order valence-electron chi connectivity index (χ3n) is 4.20. The molecule has 18 heavy (non-hydrogen) atoms. The van der Waals surface area contributed by atoms with E-state index in [4.69, 9.17) is 0 Å². The van der Waals surface area contributed by atoms with Crippen molar-refractivity contribution in [3.8, 4) is 0 Å². The van der Waals surface area contributed by atoms with Gasteiger partial charge < -0.3 is 5.11 Å². The summed E-state index contributed by atoms with van der Waals surface area (Å²) in [7, 11) is 0. The molecule has 1 N–H and O–H groups in total. The zero-order valence-electron chi connectivity index (χ0n) is 11.5. The van der Waals surface area contributed by atoms with Gasteiger partial charge in [-0.1, -0.05) is 33.6 Å². The first-order valence-electron chi connectivity index (χ1n) is 6.77. The summed E-state index contributed by atoms with van der Waals surface area (Å²) in [5.41, 5.74) is -0.344. The van der Waals surface area contributed by atoms with Crippen molar-refractivity contribution in [2.75, 3.05) is 0 Å².